The zero-order valence-corrected chi connectivity index (χ0v) is 16.2. The molecule has 0 aliphatic carbocycles. The van der Waals surface area contributed by atoms with Crippen molar-refractivity contribution < 1.29 is 18.0 Å². The van der Waals surface area contributed by atoms with Crippen LogP contribution in [0.25, 0.3) is 0 Å². The Bertz CT molecular complexity index is 1080. The molecular formula is C21H12ClF3N2OS. The number of amides is 1. The maximum atomic E-state index is 14.2. The van der Waals surface area contributed by atoms with E-state index in [1.807, 2.05) is 6.07 Å². The highest BCUT2D eigenvalue weighted by Gasteiger charge is 2.36. The van der Waals surface area contributed by atoms with Crippen molar-refractivity contribution in [3.8, 4) is 0 Å². The number of thioether (sulfide) groups is 1. The van der Waals surface area contributed by atoms with E-state index >= 15 is 0 Å². The fourth-order valence-corrected chi connectivity index (χ4v) is 4.17. The molecule has 8 heteroatoms. The summed E-state index contributed by atoms with van der Waals surface area (Å²) in [5, 5.41) is 5.73. The first-order chi connectivity index (χ1) is 13.9. The van der Waals surface area contributed by atoms with Crippen LogP contribution >= 0.6 is 23.4 Å². The Kier molecular flexibility index (Phi) is 5.34. The molecule has 0 radical (unpaired) electrons. The zero-order chi connectivity index (χ0) is 20.5. The number of benzene rings is 3. The second-order valence-corrected chi connectivity index (χ2v) is 7.69. The van der Waals surface area contributed by atoms with E-state index in [-0.39, 0.29) is 0 Å². The Morgan fingerprint density at radius 3 is 2.21 bits per heavy atom. The van der Waals surface area contributed by atoms with E-state index in [0.29, 0.717) is 27.8 Å². The van der Waals surface area contributed by atoms with Gasteiger partial charge in [-0.25, -0.2) is 18.2 Å². The van der Waals surface area contributed by atoms with E-state index < -0.39 is 34.3 Å². The Morgan fingerprint density at radius 2 is 1.59 bits per heavy atom. The van der Waals surface area contributed by atoms with Crippen LogP contribution in [-0.2, 0) is 0 Å². The molecule has 1 unspecified atom stereocenters. The highest BCUT2D eigenvalue weighted by Crippen LogP contribution is 2.42. The second kappa shape index (κ2) is 7.93. The van der Waals surface area contributed by atoms with Gasteiger partial charge in [0.15, 0.2) is 0 Å². The van der Waals surface area contributed by atoms with Crippen LogP contribution in [-0.4, -0.2) is 16.0 Å². The van der Waals surface area contributed by atoms with Crippen LogP contribution in [0, 0.1) is 17.5 Å². The van der Waals surface area contributed by atoms with Gasteiger partial charge in [-0.05, 0) is 17.7 Å². The third-order valence-electron chi connectivity index (χ3n) is 4.25. The molecule has 146 valence electrons. The van der Waals surface area contributed by atoms with Gasteiger partial charge in [0.25, 0.3) is 5.91 Å². The van der Waals surface area contributed by atoms with Gasteiger partial charge >= 0.3 is 0 Å². The molecule has 0 N–H and O–H groups in total. The monoisotopic (exact) mass is 432 g/mol. The number of nitrogens with zero attached hydrogens (tertiary/aromatic N) is 2. The molecule has 1 heterocycles. The molecule has 0 bridgehead atoms. The van der Waals surface area contributed by atoms with Gasteiger partial charge in [0, 0.05) is 22.7 Å². The van der Waals surface area contributed by atoms with Crippen LogP contribution in [0.4, 0.5) is 13.2 Å². The van der Waals surface area contributed by atoms with Gasteiger partial charge in [-0.2, -0.15) is 5.10 Å². The van der Waals surface area contributed by atoms with Gasteiger partial charge in [0.1, 0.15) is 33.4 Å². The van der Waals surface area contributed by atoms with Crippen molar-refractivity contribution in [3.05, 3.63) is 106 Å². The maximum absolute atomic E-state index is 14.2. The Balaban J connectivity index is 1.78. The minimum absolute atomic E-state index is 0.473. The number of hydrogen-bond acceptors (Lipinski definition) is 3. The summed E-state index contributed by atoms with van der Waals surface area (Å²) in [5.74, 6) is -4.65. The summed E-state index contributed by atoms with van der Waals surface area (Å²) in [6.07, 6.45) is 0. The summed E-state index contributed by atoms with van der Waals surface area (Å²) in [7, 11) is 0. The summed E-state index contributed by atoms with van der Waals surface area (Å²) in [4.78, 5) is 13.0. The van der Waals surface area contributed by atoms with E-state index in [1.54, 1.807) is 48.5 Å². The summed E-state index contributed by atoms with van der Waals surface area (Å²) >= 11 is 7.19. The average molecular weight is 433 g/mol. The molecule has 3 aromatic rings. The van der Waals surface area contributed by atoms with Crippen molar-refractivity contribution in [2.24, 2.45) is 5.10 Å². The van der Waals surface area contributed by atoms with Crippen LogP contribution in [0.3, 0.4) is 0 Å². The minimum atomic E-state index is -1.28. The first-order valence-electron chi connectivity index (χ1n) is 8.48. The van der Waals surface area contributed by atoms with Gasteiger partial charge in [-0.3, -0.25) is 4.79 Å². The number of carbonyl (C=O) groups is 1. The normalized spacial score (nSPS) is 16.1. The first-order valence-corrected chi connectivity index (χ1v) is 9.74. The highest BCUT2D eigenvalue weighted by atomic mass is 35.5. The molecule has 0 spiro atoms. The van der Waals surface area contributed by atoms with Crippen molar-refractivity contribution in [2.75, 3.05) is 0 Å². The number of hydrogen-bond donors (Lipinski definition) is 0. The van der Waals surface area contributed by atoms with Crippen molar-refractivity contribution in [3.63, 3.8) is 0 Å². The molecule has 1 aliphatic heterocycles. The summed E-state index contributed by atoms with van der Waals surface area (Å²) < 4.78 is 41.7. The highest BCUT2D eigenvalue weighted by molar-refractivity contribution is 8.14. The maximum Gasteiger partial charge on any atom is 0.281 e. The van der Waals surface area contributed by atoms with Crippen LogP contribution in [0.1, 0.15) is 26.9 Å². The molecule has 0 saturated carbocycles. The molecule has 29 heavy (non-hydrogen) atoms. The SMILES string of the molecule is O=C(c1c(F)cc(F)cc1F)N1N=C(c2ccc(Cl)cc2)SC1c1ccccc1. The molecule has 1 amide bonds. The Labute approximate surface area is 173 Å². The van der Waals surface area contributed by atoms with Crippen molar-refractivity contribution in [2.45, 2.75) is 5.37 Å². The number of hydrazone groups is 1. The van der Waals surface area contributed by atoms with E-state index in [2.05, 4.69) is 5.10 Å². The number of carbonyl (C=O) groups excluding carboxylic acids is 1. The van der Waals surface area contributed by atoms with Gasteiger partial charge < -0.3 is 0 Å². The predicted molar refractivity (Wildman–Crippen MR) is 107 cm³/mol. The molecule has 0 aromatic heterocycles. The van der Waals surface area contributed by atoms with E-state index in [4.69, 9.17) is 11.6 Å². The topological polar surface area (TPSA) is 32.7 Å². The fourth-order valence-electron chi connectivity index (χ4n) is 2.89. The standard InChI is InChI=1S/C21H12ClF3N2OS/c22-14-8-6-12(7-9-14)19-26-27(21(29-19)13-4-2-1-3-5-13)20(28)18-16(24)10-15(23)11-17(18)25/h1-11,21H. The van der Waals surface area contributed by atoms with Crippen molar-refractivity contribution in [1.29, 1.82) is 0 Å². The Morgan fingerprint density at radius 1 is 0.966 bits per heavy atom. The molecule has 3 nitrogen and oxygen atoms in total. The molecule has 1 atom stereocenters. The van der Waals surface area contributed by atoms with Crippen LogP contribution in [0.2, 0.25) is 5.02 Å². The summed E-state index contributed by atoms with van der Waals surface area (Å²) in [6.45, 7) is 0. The lowest BCUT2D eigenvalue weighted by Gasteiger charge is -2.21. The third kappa shape index (κ3) is 3.88. The van der Waals surface area contributed by atoms with Gasteiger partial charge in [-0.15, -0.1) is 0 Å². The lowest BCUT2D eigenvalue weighted by Crippen LogP contribution is -2.28. The zero-order valence-electron chi connectivity index (χ0n) is 14.7. The largest absolute Gasteiger partial charge is 0.281 e. The molecule has 4 rings (SSSR count). The second-order valence-electron chi connectivity index (χ2n) is 6.19. The van der Waals surface area contributed by atoms with E-state index in [9.17, 15) is 18.0 Å². The first kappa shape index (κ1) is 19.5. The molecule has 1 aliphatic rings. The van der Waals surface area contributed by atoms with Gasteiger partial charge in [-0.1, -0.05) is 65.8 Å². The van der Waals surface area contributed by atoms with E-state index in [1.165, 1.54) is 11.8 Å². The molecule has 0 fully saturated rings. The van der Waals surface area contributed by atoms with Crippen molar-refractivity contribution >= 4 is 34.3 Å². The quantitative estimate of drug-likeness (QED) is 0.508. The summed E-state index contributed by atoms with van der Waals surface area (Å²) in [5.41, 5.74) is 0.575. The number of rotatable bonds is 3. The fraction of sp³-hybridized carbons (Fsp3) is 0.0476. The number of halogens is 4. The Hall–Kier alpha value is -2.77. The lowest BCUT2D eigenvalue weighted by atomic mass is 10.1. The van der Waals surface area contributed by atoms with Gasteiger partial charge in [0.05, 0.1) is 0 Å². The third-order valence-corrected chi connectivity index (χ3v) is 5.74. The smallest absolute Gasteiger partial charge is 0.267 e. The van der Waals surface area contributed by atoms with Crippen LogP contribution < -0.4 is 0 Å². The van der Waals surface area contributed by atoms with Crippen LogP contribution in [0.5, 0.6) is 0 Å². The van der Waals surface area contributed by atoms with Crippen molar-refractivity contribution in [1.82, 2.24) is 5.01 Å². The predicted octanol–water partition coefficient (Wildman–Crippen LogP) is 6.01. The lowest BCUT2D eigenvalue weighted by molar-refractivity contribution is 0.0739. The van der Waals surface area contributed by atoms with Gasteiger partial charge in [0.2, 0.25) is 0 Å². The molecule has 0 saturated heterocycles. The minimum Gasteiger partial charge on any atom is -0.267 e. The van der Waals surface area contributed by atoms with E-state index in [0.717, 1.165) is 10.6 Å². The molecule has 3 aromatic carbocycles. The summed E-state index contributed by atoms with van der Waals surface area (Å²) in [6, 6.07) is 16.8. The van der Waals surface area contributed by atoms with Crippen LogP contribution in [0.15, 0.2) is 71.8 Å². The average Bonchev–Trinajstić information content (AvgIpc) is 3.14. The molecular weight excluding hydrogens is 421 g/mol.